The van der Waals surface area contributed by atoms with Gasteiger partial charge in [-0.2, -0.15) is 0 Å². The highest BCUT2D eigenvalue weighted by molar-refractivity contribution is 6.03. The number of aryl methyl sites for hydroxylation is 2. The molecule has 0 spiro atoms. The predicted molar refractivity (Wildman–Crippen MR) is 285 cm³/mol. The summed E-state index contributed by atoms with van der Waals surface area (Å²) in [5, 5.41) is 15.3. The Morgan fingerprint density at radius 1 is 0.548 bits per heavy atom. The molecule has 1 unspecified atom stereocenters. The molecule has 12 rings (SSSR count). The van der Waals surface area contributed by atoms with Crippen molar-refractivity contribution in [2.45, 2.75) is 25.4 Å². The van der Waals surface area contributed by atoms with Crippen molar-refractivity contribution in [3.8, 4) is 22.3 Å². The number of hydrogen-bond donors (Lipinski definition) is 4. The first-order valence-corrected chi connectivity index (χ1v) is 24.1. The molecule has 10 aromatic rings. The van der Waals surface area contributed by atoms with Crippen LogP contribution in [0.1, 0.15) is 34.1 Å². The van der Waals surface area contributed by atoms with E-state index in [1.54, 1.807) is 66.6 Å². The molecular weight excluding hydrogens is 917 g/mol. The van der Waals surface area contributed by atoms with E-state index >= 15 is 0 Å². The fourth-order valence-corrected chi connectivity index (χ4v) is 9.70. The topological polar surface area (TPSA) is 193 Å². The average molecular weight is 969 g/mol. The number of nitrogens with zero attached hydrogens (tertiary/aromatic N) is 10. The van der Waals surface area contributed by atoms with Crippen LogP contribution in [0.5, 0.6) is 0 Å². The van der Waals surface area contributed by atoms with Crippen LogP contribution < -0.4 is 21.3 Å². The molecule has 1 atom stereocenters. The zero-order chi connectivity index (χ0) is 50.2. The van der Waals surface area contributed by atoms with Crippen molar-refractivity contribution in [2.24, 2.45) is 14.1 Å². The van der Waals surface area contributed by atoms with Gasteiger partial charge in [-0.3, -0.25) is 44.3 Å². The Morgan fingerprint density at radius 3 is 1.52 bits per heavy atom. The Balaban J connectivity index is 0.000000157. The molecular formula is C56H52N14O3. The van der Waals surface area contributed by atoms with Gasteiger partial charge in [0.1, 0.15) is 0 Å². The van der Waals surface area contributed by atoms with Gasteiger partial charge >= 0.3 is 0 Å². The first-order chi connectivity index (χ1) is 35.5. The van der Waals surface area contributed by atoms with Crippen LogP contribution in [-0.4, -0.2) is 112 Å². The second-order valence-electron chi connectivity index (χ2n) is 18.7. The maximum Gasteiger partial charge on any atom is 0.253 e. The number of anilines is 4. The number of likely N-dealkylation sites (tertiary alicyclic amines) is 2. The van der Waals surface area contributed by atoms with Crippen molar-refractivity contribution in [1.29, 1.82) is 0 Å². The molecule has 3 amide bonds. The van der Waals surface area contributed by atoms with Crippen LogP contribution in [0.4, 0.5) is 22.7 Å². The number of likely N-dealkylation sites (N-methyl/N-ethyl adjacent to an activating group) is 1. The number of amides is 3. The summed E-state index contributed by atoms with van der Waals surface area (Å²) in [4.78, 5) is 68.4. The average Bonchev–Trinajstić information content (AvgIpc) is 4.10. The van der Waals surface area contributed by atoms with Gasteiger partial charge in [-0.15, -0.1) is 0 Å². The van der Waals surface area contributed by atoms with E-state index in [-0.39, 0.29) is 29.8 Å². The number of rotatable bonds is 10. The number of hydrogen-bond acceptors (Lipinski definition) is 12. The van der Waals surface area contributed by atoms with E-state index in [0.717, 1.165) is 86.2 Å². The van der Waals surface area contributed by atoms with Crippen molar-refractivity contribution in [2.75, 3.05) is 43.9 Å². The molecule has 2 saturated heterocycles. The number of carbonyl (C=O) groups is 3. The van der Waals surface area contributed by atoms with Crippen LogP contribution in [0.15, 0.2) is 147 Å². The first kappa shape index (κ1) is 46.3. The third-order valence-corrected chi connectivity index (χ3v) is 13.6. The molecule has 17 heteroatoms. The summed E-state index contributed by atoms with van der Waals surface area (Å²) in [5.74, 6) is -0.304. The number of benzene rings is 4. The normalized spacial score (nSPS) is 14.7. The zero-order valence-electron chi connectivity index (χ0n) is 40.7. The summed E-state index contributed by atoms with van der Waals surface area (Å²) >= 11 is 0. The summed E-state index contributed by atoms with van der Waals surface area (Å²) in [5.41, 5.74) is 13.2. The van der Waals surface area contributed by atoms with Crippen LogP contribution >= 0.6 is 0 Å². The molecule has 6 aromatic heterocycles. The lowest BCUT2D eigenvalue weighted by atomic mass is 10.0. The van der Waals surface area contributed by atoms with Crippen molar-refractivity contribution in [3.63, 3.8) is 0 Å². The predicted octanol–water partition coefficient (Wildman–Crippen LogP) is 8.25. The molecule has 2 fully saturated rings. The number of pyridine rings is 2. The molecule has 73 heavy (non-hydrogen) atoms. The molecule has 17 nitrogen and oxygen atoms in total. The molecule has 0 radical (unpaired) electrons. The highest BCUT2D eigenvalue weighted by Crippen LogP contribution is 2.36. The highest BCUT2D eigenvalue weighted by Gasteiger charge is 2.30. The van der Waals surface area contributed by atoms with E-state index in [1.807, 2.05) is 38.5 Å². The number of carbonyl (C=O) groups excluding carboxylic acids is 3. The smallest absolute Gasteiger partial charge is 0.253 e. The van der Waals surface area contributed by atoms with Crippen molar-refractivity contribution >= 4 is 84.3 Å². The van der Waals surface area contributed by atoms with Gasteiger partial charge < -0.3 is 40.2 Å². The Kier molecular flexibility index (Phi) is 12.4. The highest BCUT2D eigenvalue weighted by atomic mass is 16.2. The van der Waals surface area contributed by atoms with Gasteiger partial charge in [-0.1, -0.05) is 24.3 Å². The fourth-order valence-electron chi connectivity index (χ4n) is 9.70. The lowest BCUT2D eigenvalue weighted by Crippen LogP contribution is -2.60. The van der Waals surface area contributed by atoms with Gasteiger partial charge in [0.2, 0.25) is 5.91 Å². The summed E-state index contributed by atoms with van der Waals surface area (Å²) in [6.07, 6.45) is 18.4. The van der Waals surface area contributed by atoms with E-state index in [1.165, 1.54) is 17.7 Å². The summed E-state index contributed by atoms with van der Waals surface area (Å²) in [7, 11) is 6.14. The Morgan fingerprint density at radius 2 is 1.04 bits per heavy atom. The minimum Gasteiger partial charge on any atom is -0.354 e. The van der Waals surface area contributed by atoms with E-state index in [4.69, 9.17) is 0 Å². The third kappa shape index (κ3) is 9.60. The first-order valence-electron chi connectivity index (χ1n) is 24.1. The van der Waals surface area contributed by atoms with Crippen molar-refractivity contribution in [1.82, 2.24) is 59.5 Å². The minimum absolute atomic E-state index is 0.0123. The molecule has 0 bridgehead atoms. The SMILES string of the molecule is CC(=O)N1CC(NC(=O)c2ccncc2Nc2cc(-c3ccc4ccn(C)c4c3)c3nccnc3c2)C1.CN1CCC(NC(=O)c2ccncc2Nc2cc(-c3ccc4ccn(C)c4c3)c3nccnc3c2)C1. The quantitative estimate of drug-likeness (QED) is 0.103. The monoisotopic (exact) mass is 968 g/mol. The van der Waals surface area contributed by atoms with Crippen LogP contribution in [0.3, 0.4) is 0 Å². The van der Waals surface area contributed by atoms with Crippen LogP contribution in [0.25, 0.3) is 66.1 Å². The van der Waals surface area contributed by atoms with E-state index < -0.39 is 0 Å². The van der Waals surface area contributed by atoms with Gasteiger partial charge in [0, 0.05) is 130 Å². The van der Waals surface area contributed by atoms with Gasteiger partial charge in [-0.05, 0) is 103 Å². The molecule has 0 saturated carbocycles. The molecule has 8 heterocycles. The number of aromatic nitrogens is 8. The van der Waals surface area contributed by atoms with Crippen molar-refractivity contribution in [3.05, 3.63) is 158 Å². The second kappa shape index (κ2) is 19.6. The summed E-state index contributed by atoms with van der Waals surface area (Å²) in [6, 6.07) is 28.4. The van der Waals surface area contributed by atoms with E-state index in [9.17, 15) is 14.4 Å². The number of nitrogens with one attached hydrogen (secondary N) is 4. The largest absolute Gasteiger partial charge is 0.354 e. The van der Waals surface area contributed by atoms with Crippen LogP contribution in [0.2, 0.25) is 0 Å². The Bertz CT molecular complexity index is 3750. The maximum atomic E-state index is 13.1. The minimum atomic E-state index is -0.215. The van der Waals surface area contributed by atoms with Gasteiger partial charge in [-0.25, -0.2) is 0 Å². The lowest BCUT2D eigenvalue weighted by molar-refractivity contribution is -0.133. The van der Waals surface area contributed by atoms with Crippen LogP contribution in [0, 0.1) is 0 Å². The van der Waals surface area contributed by atoms with Gasteiger partial charge in [0.25, 0.3) is 11.8 Å². The standard InChI is InChI=1S/C28H25N7O2.C28H27N7O/c1-17(36)35-15-21(16-35)33-28(37)22-5-7-29-14-25(22)32-20-12-23(27-24(13-20)30-8-9-31-27)19-4-3-18-6-10-34(2)26(18)11-19;1-34-11-7-20(17-34)33-28(36)22-5-8-29-16-25(22)32-21-14-23(27-24(15-21)30-9-10-31-27)19-4-3-18-6-12-35(2)26(18)13-19/h3-14,21,32H,15-16H2,1-2H3,(H,33,37);3-6,8-10,12-16,20,32H,7,11,17H2,1-2H3,(H,33,36). The molecule has 2 aliphatic rings. The second-order valence-corrected chi connectivity index (χ2v) is 18.7. The van der Waals surface area contributed by atoms with Gasteiger partial charge in [0.15, 0.2) is 0 Å². The summed E-state index contributed by atoms with van der Waals surface area (Å²) < 4.78 is 4.20. The van der Waals surface area contributed by atoms with Crippen LogP contribution in [-0.2, 0) is 18.9 Å². The molecule has 364 valence electrons. The maximum absolute atomic E-state index is 13.1. The molecule has 4 aromatic carbocycles. The third-order valence-electron chi connectivity index (χ3n) is 13.6. The zero-order valence-corrected chi connectivity index (χ0v) is 40.7. The summed E-state index contributed by atoms with van der Waals surface area (Å²) in [6.45, 7) is 4.42. The fraction of sp³-hybridized carbons (Fsp3) is 0.196. The lowest BCUT2D eigenvalue weighted by Gasteiger charge is -2.38. The van der Waals surface area contributed by atoms with E-state index in [0.29, 0.717) is 35.6 Å². The molecule has 4 N–H and O–H groups in total. The Hall–Kier alpha value is -9.09. The van der Waals surface area contributed by atoms with E-state index in [2.05, 4.69) is 133 Å². The Labute approximate surface area is 420 Å². The van der Waals surface area contributed by atoms with Gasteiger partial charge in [0.05, 0.1) is 63.0 Å². The number of fused-ring (bicyclic) bond motifs is 4. The molecule has 0 aliphatic carbocycles. The van der Waals surface area contributed by atoms with Crippen molar-refractivity contribution < 1.29 is 14.4 Å². The molecule has 2 aliphatic heterocycles.